The van der Waals surface area contributed by atoms with Crippen LogP contribution in [-0.4, -0.2) is 42.5 Å². The molecule has 64 valence electrons. The highest BCUT2D eigenvalue weighted by Gasteiger charge is 2.40. The minimum absolute atomic E-state index is 0.372. The molecule has 1 saturated carbocycles. The summed E-state index contributed by atoms with van der Waals surface area (Å²) < 4.78 is 5.64. The van der Waals surface area contributed by atoms with Crippen molar-refractivity contribution in [3.63, 3.8) is 0 Å². The minimum atomic E-state index is 0.372. The molecule has 0 radical (unpaired) electrons. The van der Waals surface area contributed by atoms with E-state index in [1.807, 2.05) is 0 Å². The van der Waals surface area contributed by atoms with Gasteiger partial charge in [-0.15, -0.1) is 0 Å². The predicted molar refractivity (Wildman–Crippen MR) is 48.2 cm³/mol. The van der Waals surface area contributed by atoms with Crippen molar-refractivity contribution in [3.05, 3.63) is 0 Å². The van der Waals surface area contributed by atoms with Gasteiger partial charge in [-0.25, -0.2) is 0 Å². The molecule has 0 aromatic rings. The number of thiol groups is 1. The summed E-state index contributed by atoms with van der Waals surface area (Å²) in [7, 11) is 0. The summed E-state index contributed by atoms with van der Waals surface area (Å²) >= 11 is 4.59. The van der Waals surface area contributed by atoms with Crippen molar-refractivity contribution >= 4 is 12.6 Å². The largest absolute Gasteiger partial charge is 0.379 e. The molecule has 1 heterocycles. The molecule has 0 amide bonds. The Hall–Kier alpha value is 0.270. The van der Waals surface area contributed by atoms with Crippen LogP contribution in [0.1, 0.15) is 12.8 Å². The average Bonchev–Trinajstić information content (AvgIpc) is 2.70. The Morgan fingerprint density at radius 3 is 2.45 bits per heavy atom. The number of nitrogens with zero attached hydrogens (tertiary/aromatic N) is 1. The molecule has 1 aliphatic heterocycles. The van der Waals surface area contributed by atoms with Gasteiger partial charge in [0.25, 0.3) is 0 Å². The van der Waals surface area contributed by atoms with Gasteiger partial charge in [0.05, 0.1) is 13.2 Å². The molecule has 3 heteroatoms. The molecule has 0 spiro atoms. The Labute approximate surface area is 73.3 Å². The van der Waals surface area contributed by atoms with Crippen LogP contribution >= 0.6 is 12.6 Å². The molecule has 2 fully saturated rings. The molecule has 0 atom stereocenters. The van der Waals surface area contributed by atoms with Gasteiger partial charge in [-0.1, -0.05) is 0 Å². The van der Waals surface area contributed by atoms with Crippen molar-refractivity contribution < 1.29 is 4.74 Å². The third-order valence-electron chi connectivity index (χ3n) is 2.45. The van der Waals surface area contributed by atoms with Crippen LogP contribution < -0.4 is 0 Å². The number of ether oxygens (including phenoxy) is 1. The first-order valence-electron chi connectivity index (χ1n) is 4.31. The highest BCUT2D eigenvalue weighted by atomic mass is 32.1. The zero-order valence-corrected chi connectivity index (χ0v) is 7.65. The summed E-state index contributed by atoms with van der Waals surface area (Å²) in [6.45, 7) is 5.18. The summed E-state index contributed by atoms with van der Waals surface area (Å²) in [6, 6.07) is 0. The predicted octanol–water partition coefficient (Wildman–Crippen LogP) is 0.781. The number of rotatable bonds is 2. The van der Waals surface area contributed by atoms with Crippen molar-refractivity contribution in [2.75, 3.05) is 32.8 Å². The summed E-state index contributed by atoms with van der Waals surface area (Å²) in [5, 5.41) is 0. The fraction of sp³-hybridized carbons (Fsp3) is 1.00. The van der Waals surface area contributed by atoms with Gasteiger partial charge in [0.15, 0.2) is 0 Å². The molecule has 2 nitrogen and oxygen atoms in total. The van der Waals surface area contributed by atoms with Gasteiger partial charge in [-0.05, 0) is 12.8 Å². The van der Waals surface area contributed by atoms with Gasteiger partial charge in [-0.2, -0.15) is 12.6 Å². The van der Waals surface area contributed by atoms with Gasteiger partial charge in [0.1, 0.15) is 0 Å². The summed E-state index contributed by atoms with van der Waals surface area (Å²) in [5.41, 5.74) is 0. The van der Waals surface area contributed by atoms with Crippen LogP contribution in [0.25, 0.3) is 0 Å². The lowest BCUT2D eigenvalue weighted by Gasteiger charge is -2.28. The van der Waals surface area contributed by atoms with Crippen LogP contribution in [0.15, 0.2) is 0 Å². The molecule has 0 bridgehead atoms. The maximum absolute atomic E-state index is 5.27. The third-order valence-corrected chi connectivity index (χ3v) is 3.04. The topological polar surface area (TPSA) is 12.5 Å². The maximum Gasteiger partial charge on any atom is 0.0594 e. The van der Waals surface area contributed by atoms with Gasteiger partial charge in [0.2, 0.25) is 0 Å². The van der Waals surface area contributed by atoms with Crippen LogP contribution in [0.5, 0.6) is 0 Å². The minimum Gasteiger partial charge on any atom is -0.379 e. The molecule has 1 aliphatic carbocycles. The number of hydrogen-bond acceptors (Lipinski definition) is 3. The van der Waals surface area contributed by atoms with E-state index in [0.29, 0.717) is 4.75 Å². The summed E-state index contributed by atoms with van der Waals surface area (Å²) in [5.74, 6) is 0. The maximum atomic E-state index is 5.27. The summed E-state index contributed by atoms with van der Waals surface area (Å²) in [6.07, 6.45) is 2.60. The summed E-state index contributed by atoms with van der Waals surface area (Å²) in [4.78, 5) is 2.46. The van der Waals surface area contributed by atoms with E-state index in [0.717, 1.165) is 26.3 Å². The molecule has 0 N–H and O–H groups in total. The second-order valence-electron chi connectivity index (χ2n) is 3.61. The van der Waals surface area contributed by atoms with E-state index in [4.69, 9.17) is 4.74 Å². The van der Waals surface area contributed by atoms with Crippen molar-refractivity contribution in [1.82, 2.24) is 4.90 Å². The first-order valence-corrected chi connectivity index (χ1v) is 4.76. The van der Waals surface area contributed by atoms with E-state index in [9.17, 15) is 0 Å². The van der Waals surface area contributed by atoms with Crippen LogP contribution in [0.4, 0.5) is 0 Å². The Kier molecular flexibility index (Phi) is 2.12. The van der Waals surface area contributed by atoms with Crippen molar-refractivity contribution in [2.24, 2.45) is 0 Å². The van der Waals surface area contributed by atoms with Crippen molar-refractivity contribution in [3.8, 4) is 0 Å². The highest BCUT2D eigenvalue weighted by molar-refractivity contribution is 7.82. The SMILES string of the molecule is SC1(CN2CCOCC2)CC1. The normalized spacial score (nSPS) is 30.3. The van der Waals surface area contributed by atoms with Gasteiger partial charge in [-0.3, -0.25) is 4.90 Å². The average molecular weight is 173 g/mol. The van der Waals surface area contributed by atoms with E-state index in [2.05, 4.69) is 17.5 Å². The molecule has 0 unspecified atom stereocenters. The smallest absolute Gasteiger partial charge is 0.0594 e. The Morgan fingerprint density at radius 2 is 1.91 bits per heavy atom. The van der Waals surface area contributed by atoms with Gasteiger partial charge >= 0.3 is 0 Å². The monoisotopic (exact) mass is 173 g/mol. The standard InChI is InChI=1S/C8H15NOS/c11-8(1-2-8)7-9-3-5-10-6-4-9/h11H,1-7H2. The first-order chi connectivity index (χ1) is 5.29. The number of hydrogen-bond donors (Lipinski definition) is 1. The van der Waals surface area contributed by atoms with Crippen LogP contribution in [0, 0.1) is 0 Å². The van der Waals surface area contributed by atoms with Crippen LogP contribution in [-0.2, 0) is 4.74 Å². The Bertz CT molecular complexity index is 141. The Morgan fingerprint density at radius 1 is 1.27 bits per heavy atom. The van der Waals surface area contributed by atoms with Crippen LogP contribution in [0.2, 0.25) is 0 Å². The lowest BCUT2D eigenvalue weighted by molar-refractivity contribution is 0.0374. The van der Waals surface area contributed by atoms with E-state index in [1.165, 1.54) is 19.4 Å². The lowest BCUT2D eigenvalue weighted by Crippen LogP contribution is -2.40. The zero-order valence-electron chi connectivity index (χ0n) is 6.75. The van der Waals surface area contributed by atoms with Gasteiger partial charge < -0.3 is 4.74 Å². The van der Waals surface area contributed by atoms with E-state index >= 15 is 0 Å². The Balaban J connectivity index is 1.76. The fourth-order valence-electron chi connectivity index (χ4n) is 1.48. The highest BCUT2D eigenvalue weighted by Crippen LogP contribution is 2.42. The second kappa shape index (κ2) is 2.96. The molecular formula is C8H15NOS. The van der Waals surface area contributed by atoms with Crippen LogP contribution in [0.3, 0.4) is 0 Å². The van der Waals surface area contributed by atoms with Crippen molar-refractivity contribution in [2.45, 2.75) is 17.6 Å². The molecule has 0 aromatic heterocycles. The third kappa shape index (κ3) is 2.10. The second-order valence-corrected chi connectivity index (χ2v) is 4.56. The van der Waals surface area contributed by atoms with E-state index in [1.54, 1.807) is 0 Å². The zero-order chi connectivity index (χ0) is 7.73. The van der Waals surface area contributed by atoms with Crippen molar-refractivity contribution in [1.29, 1.82) is 0 Å². The molecule has 2 aliphatic rings. The van der Waals surface area contributed by atoms with Gasteiger partial charge in [0, 0.05) is 24.4 Å². The lowest BCUT2D eigenvalue weighted by atomic mass is 10.3. The molecule has 1 saturated heterocycles. The molecule has 0 aromatic carbocycles. The molecular weight excluding hydrogens is 158 g/mol. The van der Waals surface area contributed by atoms with E-state index < -0.39 is 0 Å². The fourth-order valence-corrected chi connectivity index (χ4v) is 1.79. The first kappa shape index (κ1) is 7.90. The van der Waals surface area contributed by atoms with E-state index in [-0.39, 0.29) is 0 Å². The molecule has 11 heavy (non-hydrogen) atoms. The number of morpholine rings is 1. The quantitative estimate of drug-likeness (QED) is 0.620. The molecule has 2 rings (SSSR count).